The summed E-state index contributed by atoms with van der Waals surface area (Å²) >= 11 is 1.94. The molecule has 0 bridgehead atoms. The highest BCUT2D eigenvalue weighted by Crippen LogP contribution is 2.36. The fourth-order valence-corrected chi connectivity index (χ4v) is 2.85. The van der Waals surface area contributed by atoms with E-state index < -0.39 is 0 Å². The molecule has 0 spiro atoms. The van der Waals surface area contributed by atoms with Crippen LogP contribution in [0.4, 0.5) is 0 Å². The largest absolute Gasteiger partial charge is 0.314 e. The van der Waals surface area contributed by atoms with Gasteiger partial charge in [-0.1, -0.05) is 29.8 Å². The summed E-state index contributed by atoms with van der Waals surface area (Å²) in [5.41, 5.74) is 2.89. The highest BCUT2D eigenvalue weighted by molar-refractivity contribution is 7.98. The van der Waals surface area contributed by atoms with Gasteiger partial charge in [-0.15, -0.1) is 0 Å². The number of rotatable bonds is 6. The van der Waals surface area contributed by atoms with Crippen molar-refractivity contribution in [1.82, 2.24) is 5.32 Å². The Balaban J connectivity index is 1.66. The average molecular weight is 249 g/mol. The van der Waals surface area contributed by atoms with Gasteiger partial charge in [0.1, 0.15) is 0 Å². The van der Waals surface area contributed by atoms with E-state index in [1.54, 1.807) is 0 Å². The minimum Gasteiger partial charge on any atom is -0.314 e. The Morgan fingerprint density at radius 3 is 2.59 bits per heavy atom. The van der Waals surface area contributed by atoms with Crippen LogP contribution in [-0.4, -0.2) is 24.6 Å². The van der Waals surface area contributed by atoms with Crippen molar-refractivity contribution >= 4 is 11.8 Å². The van der Waals surface area contributed by atoms with E-state index in [2.05, 4.69) is 42.8 Å². The lowest BCUT2D eigenvalue weighted by atomic mass is 9.76. The molecule has 1 aromatic rings. The van der Waals surface area contributed by atoms with E-state index in [1.165, 1.54) is 42.7 Å². The molecule has 94 valence electrons. The zero-order valence-corrected chi connectivity index (χ0v) is 11.7. The van der Waals surface area contributed by atoms with Crippen LogP contribution in [0.2, 0.25) is 0 Å². The molecule has 0 unspecified atom stereocenters. The van der Waals surface area contributed by atoms with Crippen LogP contribution in [0.15, 0.2) is 24.3 Å². The third-order valence-corrected chi connectivity index (χ3v) is 4.34. The van der Waals surface area contributed by atoms with Crippen molar-refractivity contribution in [1.29, 1.82) is 0 Å². The minimum atomic E-state index is 0.767. The number of aryl methyl sites for hydroxylation is 1. The van der Waals surface area contributed by atoms with Crippen molar-refractivity contribution in [3.05, 3.63) is 35.4 Å². The minimum absolute atomic E-state index is 0.767. The molecule has 1 nitrogen and oxygen atoms in total. The first-order chi connectivity index (χ1) is 8.29. The molecule has 0 amide bonds. The average Bonchev–Trinajstić information content (AvgIpc) is 2.28. The van der Waals surface area contributed by atoms with E-state index in [-0.39, 0.29) is 0 Å². The number of thioether (sulfide) groups is 1. The van der Waals surface area contributed by atoms with Gasteiger partial charge in [-0.05, 0) is 56.2 Å². The highest BCUT2D eigenvalue weighted by atomic mass is 32.2. The van der Waals surface area contributed by atoms with Crippen LogP contribution in [0.25, 0.3) is 0 Å². The summed E-state index contributed by atoms with van der Waals surface area (Å²) in [6.07, 6.45) is 6.12. The van der Waals surface area contributed by atoms with Crippen LogP contribution < -0.4 is 5.32 Å². The van der Waals surface area contributed by atoms with Gasteiger partial charge in [0.2, 0.25) is 0 Å². The van der Waals surface area contributed by atoms with Gasteiger partial charge in [0.25, 0.3) is 0 Å². The van der Waals surface area contributed by atoms with Gasteiger partial charge in [0.15, 0.2) is 0 Å². The van der Waals surface area contributed by atoms with E-state index in [4.69, 9.17) is 0 Å². The predicted molar refractivity (Wildman–Crippen MR) is 77.9 cm³/mol. The molecule has 1 saturated carbocycles. The number of benzene rings is 1. The number of nitrogens with one attached hydrogen (secondary N) is 1. The molecule has 17 heavy (non-hydrogen) atoms. The third kappa shape index (κ3) is 3.75. The van der Waals surface area contributed by atoms with E-state index in [0.29, 0.717) is 0 Å². The topological polar surface area (TPSA) is 12.0 Å². The molecule has 2 heteroatoms. The van der Waals surface area contributed by atoms with Gasteiger partial charge < -0.3 is 5.32 Å². The fraction of sp³-hybridized carbons (Fsp3) is 0.600. The third-order valence-electron chi connectivity index (χ3n) is 3.65. The number of hydrogen-bond donors (Lipinski definition) is 1. The molecule has 1 aromatic carbocycles. The van der Waals surface area contributed by atoms with E-state index in [0.717, 1.165) is 12.0 Å². The van der Waals surface area contributed by atoms with Crippen LogP contribution in [0, 0.1) is 6.92 Å². The van der Waals surface area contributed by atoms with Gasteiger partial charge >= 0.3 is 0 Å². The molecule has 2 rings (SSSR count). The maximum Gasteiger partial charge on any atom is 0.00787 e. The lowest BCUT2D eigenvalue weighted by Crippen LogP contribution is -2.40. The highest BCUT2D eigenvalue weighted by Gasteiger charge is 2.29. The maximum atomic E-state index is 3.65. The molecule has 0 aromatic heterocycles. The zero-order valence-electron chi connectivity index (χ0n) is 10.9. The van der Waals surface area contributed by atoms with Crippen molar-refractivity contribution in [2.75, 3.05) is 18.6 Å². The molecule has 1 aliphatic rings. The molecule has 1 aliphatic carbocycles. The number of hydrogen-bond acceptors (Lipinski definition) is 2. The normalized spacial score (nSPS) is 23.4. The molecule has 1 N–H and O–H groups in total. The summed E-state index contributed by atoms with van der Waals surface area (Å²) in [4.78, 5) is 0. The summed E-state index contributed by atoms with van der Waals surface area (Å²) in [6, 6.07) is 9.82. The standard InChI is InChI=1S/C15H23NS/c1-12-4-6-13(7-5-12)14-10-15(11-14)16-8-3-9-17-2/h4-7,14-16H,3,8-11H2,1-2H3. The smallest absolute Gasteiger partial charge is 0.00787 e. The molecule has 0 atom stereocenters. The first-order valence-electron chi connectivity index (χ1n) is 6.58. The maximum absolute atomic E-state index is 3.65. The molecular weight excluding hydrogens is 226 g/mol. The summed E-state index contributed by atoms with van der Waals surface area (Å²) in [5.74, 6) is 2.08. The Hall–Kier alpha value is -0.470. The van der Waals surface area contributed by atoms with E-state index in [1.807, 2.05) is 11.8 Å². The lowest BCUT2D eigenvalue weighted by Gasteiger charge is -2.36. The van der Waals surface area contributed by atoms with Gasteiger partial charge in [0.05, 0.1) is 0 Å². The van der Waals surface area contributed by atoms with Crippen molar-refractivity contribution in [2.24, 2.45) is 0 Å². The van der Waals surface area contributed by atoms with Crippen LogP contribution in [0.3, 0.4) is 0 Å². The van der Waals surface area contributed by atoms with Crippen LogP contribution in [0.5, 0.6) is 0 Å². The summed E-state index contributed by atoms with van der Waals surface area (Å²) < 4.78 is 0. The summed E-state index contributed by atoms with van der Waals surface area (Å²) in [5, 5.41) is 3.65. The molecular formula is C15H23NS. The van der Waals surface area contributed by atoms with Gasteiger partial charge in [-0.3, -0.25) is 0 Å². The van der Waals surface area contributed by atoms with Crippen LogP contribution in [-0.2, 0) is 0 Å². The monoisotopic (exact) mass is 249 g/mol. The predicted octanol–water partition coefficient (Wildman–Crippen LogP) is 3.58. The second-order valence-electron chi connectivity index (χ2n) is 5.08. The quantitative estimate of drug-likeness (QED) is 0.773. The first kappa shape index (κ1) is 13.0. The molecule has 0 radical (unpaired) electrons. The molecule has 0 aliphatic heterocycles. The Kier molecular flexibility index (Phi) is 4.93. The van der Waals surface area contributed by atoms with Crippen molar-refractivity contribution in [3.63, 3.8) is 0 Å². The van der Waals surface area contributed by atoms with E-state index >= 15 is 0 Å². The molecule has 1 fully saturated rings. The van der Waals surface area contributed by atoms with Crippen LogP contribution in [0.1, 0.15) is 36.3 Å². The Morgan fingerprint density at radius 1 is 1.24 bits per heavy atom. The van der Waals surface area contributed by atoms with Gasteiger partial charge in [0, 0.05) is 6.04 Å². The lowest BCUT2D eigenvalue weighted by molar-refractivity contribution is 0.292. The van der Waals surface area contributed by atoms with Crippen LogP contribution >= 0.6 is 11.8 Å². The van der Waals surface area contributed by atoms with Crippen molar-refractivity contribution in [3.8, 4) is 0 Å². The second-order valence-corrected chi connectivity index (χ2v) is 6.06. The first-order valence-corrected chi connectivity index (χ1v) is 7.98. The van der Waals surface area contributed by atoms with Crippen molar-refractivity contribution in [2.45, 2.75) is 38.1 Å². The summed E-state index contributed by atoms with van der Waals surface area (Å²) in [6.45, 7) is 3.34. The van der Waals surface area contributed by atoms with E-state index in [9.17, 15) is 0 Å². The molecule has 0 heterocycles. The van der Waals surface area contributed by atoms with Crippen molar-refractivity contribution < 1.29 is 0 Å². The van der Waals surface area contributed by atoms with Gasteiger partial charge in [-0.2, -0.15) is 11.8 Å². The summed E-state index contributed by atoms with van der Waals surface area (Å²) in [7, 11) is 0. The zero-order chi connectivity index (χ0) is 12.1. The fourth-order valence-electron chi connectivity index (χ4n) is 2.42. The Bertz CT molecular complexity index is 327. The van der Waals surface area contributed by atoms with Gasteiger partial charge in [-0.25, -0.2) is 0 Å². The molecule has 0 saturated heterocycles. The Labute approximate surface area is 109 Å². The SMILES string of the molecule is CSCCCNC1CC(c2ccc(C)cc2)C1. The second kappa shape index (κ2) is 6.46. The Morgan fingerprint density at radius 2 is 1.94 bits per heavy atom.